The molecule has 1 N–H and O–H groups in total. The quantitative estimate of drug-likeness (QED) is 0.770. The van der Waals surface area contributed by atoms with Gasteiger partial charge in [-0.2, -0.15) is 0 Å². The molecule has 23 heavy (non-hydrogen) atoms. The minimum absolute atomic E-state index is 0.209. The van der Waals surface area contributed by atoms with E-state index in [2.05, 4.69) is 0 Å². The SMILES string of the molecule is CCOP(=O)(O)C(C)(C)c1ccc(-c2ccc(OC)cc2)cc1. The van der Waals surface area contributed by atoms with E-state index in [0.29, 0.717) is 0 Å². The van der Waals surface area contributed by atoms with E-state index in [1.54, 1.807) is 27.9 Å². The van der Waals surface area contributed by atoms with E-state index >= 15 is 0 Å². The summed E-state index contributed by atoms with van der Waals surface area (Å²) in [6.07, 6.45) is 0. The van der Waals surface area contributed by atoms with Gasteiger partial charge in [0.1, 0.15) is 5.75 Å². The van der Waals surface area contributed by atoms with Crippen molar-refractivity contribution in [2.75, 3.05) is 13.7 Å². The molecule has 0 radical (unpaired) electrons. The van der Waals surface area contributed by atoms with E-state index in [1.165, 1.54) is 0 Å². The number of hydrogen-bond acceptors (Lipinski definition) is 3. The van der Waals surface area contributed by atoms with E-state index in [1.807, 2.05) is 48.5 Å². The number of benzene rings is 2. The Kier molecular flexibility index (Phi) is 5.30. The fourth-order valence-electron chi connectivity index (χ4n) is 2.35. The molecule has 0 spiro atoms. The van der Waals surface area contributed by atoms with Crippen LogP contribution in [0.1, 0.15) is 26.3 Å². The van der Waals surface area contributed by atoms with Gasteiger partial charge in [-0.3, -0.25) is 4.57 Å². The zero-order valence-corrected chi connectivity index (χ0v) is 14.8. The normalized spacial score (nSPS) is 14.3. The molecule has 0 aliphatic heterocycles. The minimum Gasteiger partial charge on any atom is -0.497 e. The van der Waals surface area contributed by atoms with E-state index < -0.39 is 12.8 Å². The van der Waals surface area contributed by atoms with Crippen LogP contribution in [0.3, 0.4) is 0 Å². The predicted molar refractivity (Wildman–Crippen MR) is 92.9 cm³/mol. The highest BCUT2D eigenvalue weighted by Crippen LogP contribution is 2.60. The second kappa shape index (κ2) is 6.88. The molecule has 1 atom stereocenters. The molecule has 5 heteroatoms. The van der Waals surface area contributed by atoms with Crippen LogP contribution in [0.15, 0.2) is 48.5 Å². The Morgan fingerprint density at radius 2 is 1.48 bits per heavy atom. The van der Waals surface area contributed by atoms with Gasteiger partial charge >= 0.3 is 7.60 Å². The molecule has 2 aromatic rings. The van der Waals surface area contributed by atoms with Gasteiger partial charge in [0, 0.05) is 0 Å². The summed E-state index contributed by atoms with van der Waals surface area (Å²) >= 11 is 0. The van der Waals surface area contributed by atoms with Crippen LogP contribution < -0.4 is 4.74 Å². The number of hydrogen-bond donors (Lipinski definition) is 1. The molecular formula is C18H23O4P. The van der Waals surface area contributed by atoms with Crippen molar-refractivity contribution in [1.82, 2.24) is 0 Å². The molecule has 2 aromatic carbocycles. The van der Waals surface area contributed by atoms with E-state index in [9.17, 15) is 9.46 Å². The van der Waals surface area contributed by atoms with E-state index in [4.69, 9.17) is 9.26 Å². The molecule has 0 amide bonds. The molecule has 0 aromatic heterocycles. The summed E-state index contributed by atoms with van der Waals surface area (Å²) in [7, 11) is -2.10. The lowest BCUT2D eigenvalue weighted by atomic mass is 9.98. The van der Waals surface area contributed by atoms with Gasteiger partial charge < -0.3 is 14.2 Å². The Balaban J connectivity index is 2.29. The van der Waals surface area contributed by atoms with Crippen molar-refractivity contribution in [3.63, 3.8) is 0 Å². The molecule has 0 fully saturated rings. The van der Waals surface area contributed by atoms with Crippen LogP contribution in [0.2, 0.25) is 0 Å². The third-order valence-electron chi connectivity index (χ3n) is 4.03. The Morgan fingerprint density at radius 1 is 1.00 bits per heavy atom. The highest BCUT2D eigenvalue weighted by atomic mass is 31.2. The second-order valence-corrected chi connectivity index (χ2v) is 8.22. The summed E-state index contributed by atoms with van der Waals surface area (Å²) in [5.41, 5.74) is 2.87. The molecule has 0 aliphatic carbocycles. The number of ether oxygens (including phenoxy) is 1. The first-order valence-corrected chi connectivity index (χ1v) is 9.12. The Morgan fingerprint density at radius 3 is 1.91 bits per heavy atom. The Hall–Kier alpha value is -1.61. The zero-order valence-electron chi connectivity index (χ0n) is 13.9. The molecule has 2 rings (SSSR count). The number of methoxy groups -OCH3 is 1. The molecule has 124 valence electrons. The molecule has 0 saturated heterocycles. The summed E-state index contributed by atoms with van der Waals surface area (Å²) in [6, 6.07) is 15.4. The standard InChI is InChI=1S/C18H23O4P/c1-5-22-23(19,20)18(2,3)16-10-6-14(7-11-16)15-8-12-17(21-4)13-9-15/h6-13H,5H2,1-4H3,(H,19,20). The molecule has 1 unspecified atom stereocenters. The van der Waals surface area contributed by atoms with Crippen LogP contribution >= 0.6 is 7.60 Å². The van der Waals surface area contributed by atoms with Crippen LogP contribution in [0, 0.1) is 0 Å². The van der Waals surface area contributed by atoms with Crippen LogP contribution in [0.4, 0.5) is 0 Å². The molecule has 0 bridgehead atoms. The maximum Gasteiger partial charge on any atom is 0.337 e. The van der Waals surface area contributed by atoms with Crippen molar-refractivity contribution < 1.29 is 18.7 Å². The lowest BCUT2D eigenvalue weighted by molar-refractivity contribution is 0.251. The fraction of sp³-hybridized carbons (Fsp3) is 0.333. The Labute approximate surface area is 137 Å². The van der Waals surface area contributed by atoms with E-state index in [-0.39, 0.29) is 6.61 Å². The maximum absolute atomic E-state index is 12.4. The largest absolute Gasteiger partial charge is 0.497 e. The molecule has 0 heterocycles. The van der Waals surface area contributed by atoms with Gasteiger partial charge in [0.2, 0.25) is 0 Å². The second-order valence-electron chi connectivity index (χ2n) is 5.80. The number of rotatable bonds is 6. The third kappa shape index (κ3) is 3.66. The van der Waals surface area contributed by atoms with Gasteiger partial charge in [0.15, 0.2) is 0 Å². The van der Waals surface area contributed by atoms with Crippen LogP contribution in [-0.4, -0.2) is 18.6 Å². The monoisotopic (exact) mass is 334 g/mol. The van der Waals surface area contributed by atoms with Crippen LogP contribution in [0.25, 0.3) is 11.1 Å². The first-order chi connectivity index (χ1) is 10.8. The van der Waals surface area contributed by atoms with Gasteiger partial charge in [-0.15, -0.1) is 0 Å². The first-order valence-electron chi connectivity index (χ1n) is 7.54. The lowest BCUT2D eigenvalue weighted by Gasteiger charge is -2.29. The van der Waals surface area contributed by atoms with Gasteiger partial charge in [0.05, 0.1) is 18.9 Å². The van der Waals surface area contributed by atoms with Gasteiger partial charge in [-0.05, 0) is 49.6 Å². The predicted octanol–water partition coefficient (Wildman–Crippen LogP) is 4.82. The highest BCUT2D eigenvalue weighted by molar-refractivity contribution is 7.54. The van der Waals surface area contributed by atoms with Crippen molar-refractivity contribution in [1.29, 1.82) is 0 Å². The van der Waals surface area contributed by atoms with Crippen molar-refractivity contribution in [2.45, 2.75) is 25.9 Å². The fourth-order valence-corrected chi connectivity index (χ4v) is 3.50. The Bertz CT molecular complexity index is 690. The summed E-state index contributed by atoms with van der Waals surface area (Å²) in [6.45, 7) is 5.38. The first kappa shape index (κ1) is 17.7. The smallest absolute Gasteiger partial charge is 0.337 e. The van der Waals surface area contributed by atoms with Gasteiger partial charge in [-0.1, -0.05) is 36.4 Å². The molecule has 0 aliphatic rings. The average molecular weight is 334 g/mol. The third-order valence-corrected chi connectivity index (χ3v) is 6.30. The lowest BCUT2D eigenvalue weighted by Crippen LogP contribution is -2.19. The zero-order chi connectivity index (χ0) is 17.1. The van der Waals surface area contributed by atoms with Gasteiger partial charge in [-0.25, -0.2) is 0 Å². The molecule has 4 nitrogen and oxygen atoms in total. The van der Waals surface area contributed by atoms with Crippen molar-refractivity contribution in [3.05, 3.63) is 54.1 Å². The van der Waals surface area contributed by atoms with E-state index in [0.717, 1.165) is 22.4 Å². The minimum atomic E-state index is -3.73. The molecule has 0 saturated carbocycles. The van der Waals surface area contributed by atoms with Crippen LogP contribution in [-0.2, 0) is 14.2 Å². The van der Waals surface area contributed by atoms with Gasteiger partial charge in [0.25, 0.3) is 0 Å². The van der Waals surface area contributed by atoms with Crippen molar-refractivity contribution >= 4 is 7.60 Å². The highest BCUT2D eigenvalue weighted by Gasteiger charge is 2.41. The summed E-state index contributed by atoms with van der Waals surface area (Å²) in [5, 5.41) is -0.957. The summed E-state index contributed by atoms with van der Waals surface area (Å²) in [4.78, 5) is 10.2. The summed E-state index contributed by atoms with van der Waals surface area (Å²) in [5.74, 6) is 0.810. The molecular weight excluding hydrogens is 311 g/mol. The van der Waals surface area contributed by atoms with Crippen molar-refractivity contribution in [2.24, 2.45) is 0 Å². The van der Waals surface area contributed by atoms with Crippen LogP contribution in [0.5, 0.6) is 5.75 Å². The topological polar surface area (TPSA) is 55.8 Å². The van der Waals surface area contributed by atoms with Crippen molar-refractivity contribution in [3.8, 4) is 16.9 Å². The summed E-state index contributed by atoms with van der Waals surface area (Å²) < 4.78 is 22.6. The maximum atomic E-state index is 12.4. The average Bonchev–Trinajstić information content (AvgIpc) is 2.55.